The molecular formula is C25H30N6O5. The number of esters is 1. The van der Waals surface area contributed by atoms with Gasteiger partial charge in [-0.3, -0.25) is 19.1 Å². The first-order valence-electron chi connectivity index (χ1n) is 12.4. The molecule has 0 aromatic carbocycles. The van der Waals surface area contributed by atoms with Gasteiger partial charge in [-0.2, -0.15) is 0 Å². The highest BCUT2D eigenvalue weighted by Gasteiger charge is 2.29. The number of aromatic amines is 2. The van der Waals surface area contributed by atoms with Gasteiger partial charge >= 0.3 is 17.7 Å². The normalized spacial score (nSPS) is 20.9. The number of amides is 2. The van der Waals surface area contributed by atoms with Crippen molar-refractivity contribution in [2.24, 2.45) is 5.92 Å². The standard InChI is InChI=1S/C25H30N6O5/c1-36-23(33)16-6-4-15(5-7-16)17-13-19(22(32)27-14-17)28-24(34)30-11-8-18(9-12-30)31-20-3-2-10-26-21(20)29-25(31)35/h2-3,10,13-16,18H,4-9,11-12H2,1H3,(H,27,32)(H,28,34)(H,26,29,35). The zero-order valence-electron chi connectivity index (χ0n) is 20.2. The Hall–Kier alpha value is -3.89. The van der Waals surface area contributed by atoms with Crippen LogP contribution in [0.3, 0.4) is 0 Å². The molecule has 3 N–H and O–H groups in total. The topological polar surface area (TPSA) is 142 Å². The van der Waals surface area contributed by atoms with Crippen LogP contribution in [-0.4, -0.2) is 56.6 Å². The first-order valence-corrected chi connectivity index (χ1v) is 12.4. The Morgan fingerprint density at radius 2 is 1.86 bits per heavy atom. The fourth-order valence-electron chi connectivity index (χ4n) is 5.50. The Balaban J connectivity index is 1.21. The van der Waals surface area contributed by atoms with E-state index in [1.807, 2.05) is 6.07 Å². The molecule has 11 heteroatoms. The van der Waals surface area contributed by atoms with Crippen molar-refractivity contribution >= 4 is 28.9 Å². The minimum Gasteiger partial charge on any atom is -0.469 e. The second kappa shape index (κ2) is 10.00. The molecule has 3 aromatic heterocycles. The van der Waals surface area contributed by atoms with Gasteiger partial charge in [-0.15, -0.1) is 0 Å². The van der Waals surface area contributed by atoms with Gasteiger partial charge in [0, 0.05) is 31.5 Å². The lowest BCUT2D eigenvalue weighted by Crippen LogP contribution is -2.43. The predicted octanol–water partition coefficient (Wildman–Crippen LogP) is 2.73. The van der Waals surface area contributed by atoms with Gasteiger partial charge in [-0.25, -0.2) is 14.6 Å². The molecule has 0 spiro atoms. The van der Waals surface area contributed by atoms with E-state index in [0.717, 1.165) is 36.8 Å². The number of anilines is 1. The molecule has 36 heavy (non-hydrogen) atoms. The second-order valence-electron chi connectivity index (χ2n) is 9.57. The van der Waals surface area contributed by atoms with Gasteiger partial charge in [0.1, 0.15) is 5.69 Å². The summed E-state index contributed by atoms with van der Waals surface area (Å²) in [6, 6.07) is 5.03. The minimum absolute atomic E-state index is 0.0358. The minimum atomic E-state index is -0.358. The van der Waals surface area contributed by atoms with Crippen LogP contribution in [-0.2, 0) is 9.53 Å². The number of aromatic nitrogens is 4. The summed E-state index contributed by atoms with van der Waals surface area (Å²) in [5.41, 5.74) is 1.92. The molecule has 1 saturated carbocycles. The van der Waals surface area contributed by atoms with Gasteiger partial charge in [0.05, 0.1) is 18.5 Å². The van der Waals surface area contributed by atoms with E-state index < -0.39 is 0 Å². The maximum Gasteiger partial charge on any atom is 0.327 e. The molecule has 190 valence electrons. The quantitative estimate of drug-likeness (QED) is 0.476. The fourth-order valence-corrected chi connectivity index (χ4v) is 5.50. The van der Waals surface area contributed by atoms with Gasteiger partial charge in [0.2, 0.25) is 0 Å². The SMILES string of the molecule is COC(=O)C1CCC(c2c[nH]c(=O)c(NC(=O)N3CCC(n4c(=O)[nH]c5ncccc54)CC3)c2)CC1. The molecule has 5 rings (SSSR count). The van der Waals surface area contributed by atoms with Crippen molar-refractivity contribution in [3.63, 3.8) is 0 Å². The van der Waals surface area contributed by atoms with Crippen LogP contribution in [0.4, 0.5) is 10.5 Å². The first-order chi connectivity index (χ1) is 17.4. The molecule has 2 fully saturated rings. The molecule has 2 aliphatic rings. The number of carbonyl (C=O) groups is 2. The number of hydrogen-bond acceptors (Lipinski definition) is 6. The summed E-state index contributed by atoms with van der Waals surface area (Å²) in [5.74, 6) is -0.0384. The number of nitrogens with one attached hydrogen (secondary N) is 3. The zero-order valence-corrected chi connectivity index (χ0v) is 20.2. The number of imidazole rings is 1. The summed E-state index contributed by atoms with van der Waals surface area (Å²) >= 11 is 0. The van der Waals surface area contributed by atoms with E-state index in [2.05, 4.69) is 20.3 Å². The van der Waals surface area contributed by atoms with Gasteiger partial charge in [-0.1, -0.05) is 0 Å². The Morgan fingerprint density at radius 3 is 2.58 bits per heavy atom. The molecule has 2 amide bonds. The number of methoxy groups -OCH3 is 1. The van der Waals surface area contributed by atoms with E-state index >= 15 is 0 Å². The van der Waals surface area contributed by atoms with Crippen molar-refractivity contribution in [2.75, 3.05) is 25.5 Å². The summed E-state index contributed by atoms with van der Waals surface area (Å²) in [4.78, 5) is 61.1. The van der Waals surface area contributed by atoms with Crippen molar-refractivity contribution in [3.8, 4) is 0 Å². The van der Waals surface area contributed by atoms with E-state index in [9.17, 15) is 19.2 Å². The van der Waals surface area contributed by atoms with Crippen LogP contribution >= 0.6 is 0 Å². The van der Waals surface area contributed by atoms with Crippen LogP contribution < -0.4 is 16.6 Å². The van der Waals surface area contributed by atoms with Gasteiger partial charge < -0.3 is 19.9 Å². The van der Waals surface area contributed by atoms with Crippen LogP contribution in [0, 0.1) is 5.92 Å². The molecule has 0 atom stereocenters. The zero-order chi connectivity index (χ0) is 25.2. The highest BCUT2D eigenvalue weighted by molar-refractivity contribution is 5.89. The van der Waals surface area contributed by atoms with E-state index in [1.54, 1.807) is 34.0 Å². The summed E-state index contributed by atoms with van der Waals surface area (Å²) in [5, 5.41) is 2.77. The van der Waals surface area contributed by atoms with E-state index in [4.69, 9.17) is 4.74 Å². The molecular weight excluding hydrogens is 464 g/mol. The van der Waals surface area contributed by atoms with Crippen LogP contribution in [0.15, 0.2) is 40.2 Å². The first kappa shape index (κ1) is 23.8. The summed E-state index contributed by atoms with van der Waals surface area (Å²) in [6.07, 6.45) is 7.68. The van der Waals surface area contributed by atoms with E-state index in [-0.39, 0.29) is 46.8 Å². The monoisotopic (exact) mass is 494 g/mol. The van der Waals surface area contributed by atoms with Crippen LogP contribution in [0.2, 0.25) is 0 Å². The smallest absolute Gasteiger partial charge is 0.327 e. The maximum atomic E-state index is 13.0. The van der Waals surface area contributed by atoms with Crippen molar-refractivity contribution in [3.05, 3.63) is 57.0 Å². The second-order valence-corrected chi connectivity index (χ2v) is 9.57. The summed E-state index contributed by atoms with van der Waals surface area (Å²) < 4.78 is 6.58. The number of likely N-dealkylation sites (tertiary alicyclic amines) is 1. The highest BCUT2D eigenvalue weighted by Crippen LogP contribution is 2.36. The van der Waals surface area contributed by atoms with Crippen molar-refractivity contribution in [2.45, 2.75) is 50.5 Å². The van der Waals surface area contributed by atoms with Crippen molar-refractivity contribution < 1.29 is 14.3 Å². The third-order valence-corrected chi connectivity index (χ3v) is 7.51. The average molecular weight is 495 g/mol. The third-order valence-electron chi connectivity index (χ3n) is 7.51. The predicted molar refractivity (Wildman–Crippen MR) is 133 cm³/mol. The van der Waals surface area contributed by atoms with Gasteiger partial charge in [-0.05, 0) is 68.2 Å². The van der Waals surface area contributed by atoms with E-state index in [0.29, 0.717) is 31.6 Å². The number of carbonyl (C=O) groups excluding carboxylic acids is 2. The molecule has 0 bridgehead atoms. The molecule has 1 aliphatic carbocycles. The number of H-pyrrole nitrogens is 2. The molecule has 4 heterocycles. The summed E-state index contributed by atoms with van der Waals surface area (Å²) in [6.45, 7) is 0.927. The molecule has 11 nitrogen and oxygen atoms in total. The summed E-state index contributed by atoms with van der Waals surface area (Å²) in [7, 11) is 1.41. The maximum absolute atomic E-state index is 13.0. The van der Waals surface area contributed by atoms with Crippen LogP contribution in [0.5, 0.6) is 0 Å². The number of ether oxygens (including phenoxy) is 1. The van der Waals surface area contributed by atoms with Crippen molar-refractivity contribution in [1.29, 1.82) is 0 Å². The Bertz CT molecular complexity index is 1380. The Kier molecular flexibility index (Phi) is 6.62. The third kappa shape index (κ3) is 4.65. The number of fused-ring (bicyclic) bond motifs is 1. The van der Waals surface area contributed by atoms with Gasteiger partial charge in [0.25, 0.3) is 5.56 Å². The van der Waals surface area contributed by atoms with E-state index in [1.165, 1.54) is 7.11 Å². The number of rotatable bonds is 4. The number of urea groups is 1. The highest BCUT2D eigenvalue weighted by atomic mass is 16.5. The number of pyridine rings is 2. The Labute approximate surface area is 206 Å². The fraction of sp³-hybridized carbons (Fsp3) is 0.480. The molecule has 0 radical (unpaired) electrons. The number of nitrogens with zero attached hydrogens (tertiary/aromatic N) is 3. The van der Waals surface area contributed by atoms with Gasteiger partial charge in [0.15, 0.2) is 5.65 Å². The van der Waals surface area contributed by atoms with Crippen LogP contribution in [0.1, 0.15) is 56.0 Å². The molecule has 0 unspecified atom stereocenters. The lowest BCUT2D eigenvalue weighted by Gasteiger charge is -2.32. The lowest BCUT2D eigenvalue weighted by atomic mass is 9.79. The average Bonchev–Trinajstić information content (AvgIpc) is 3.25. The largest absolute Gasteiger partial charge is 0.469 e. The van der Waals surface area contributed by atoms with Crippen LogP contribution in [0.25, 0.3) is 11.2 Å². The number of hydrogen-bond donors (Lipinski definition) is 3. The van der Waals surface area contributed by atoms with Crippen molar-refractivity contribution in [1.82, 2.24) is 24.4 Å². The Morgan fingerprint density at radius 1 is 1.11 bits per heavy atom. The lowest BCUT2D eigenvalue weighted by molar-refractivity contribution is -0.146. The molecule has 1 saturated heterocycles. The molecule has 1 aliphatic heterocycles. The molecule has 3 aromatic rings. The number of piperidine rings is 1.